The van der Waals surface area contributed by atoms with Crippen LogP contribution >= 0.6 is 0 Å². The molecule has 1 atom stereocenters. The fourth-order valence-corrected chi connectivity index (χ4v) is 5.49. The molecule has 0 aliphatic rings. The quantitative estimate of drug-likeness (QED) is 0.387. The van der Waals surface area contributed by atoms with E-state index < -0.39 is 46.2 Å². The smallest absolute Gasteiger partial charge is 0.357 e. The van der Waals surface area contributed by atoms with E-state index >= 15 is 0 Å². The summed E-state index contributed by atoms with van der Waals surface area (Å²) in [5, 5.41) is 2.52. The molecule has 0 aromatic heterocycles. The number of aryl methyl sites for hydroxylation is 1. The number of halogens is 3. The predicted octanol–water partition coefficient (Wildman–Crippen LogP) is 4.76. The minimum Gasteiger partial charge on any atom is -0.357 e. The van der Waals surface area contributed by atoms with Gasteiger partial charge < -0.3 is 10.2 Å². The van der Waals surface area contributed by atoms with E-state index in [-0.39, 0.29) is 23.5 Å². The van der Waals surface area contributed by atoms with Crippen LogP contribution in [0.15, 0.2) is 83.8 Å². The van der Waals surface area contributed by atoms with E-state index in [1.807, 2.05) is 19.1 Å². The van der Waals surface area contributed by atoms with Crippen molar-refractivity contribution in [2.24, 2.45) is 0 Å². The number of alkyl halides is 3. The zero-order valence-electron chi connectivity index (χ0n) is 21.8. The van der Waals surface area contributed by atoms with Gasteiger partial charge in [0.15, 0.2) is 0 Å². The van der Waals surface area contributed by atoms with Gasteiger partial charge in [0.1, 0.15) is 12.6 Å². The first-order chi connectivity index (χ1) is 18.4. The number of anilines is 1. The van der Waals surface area contributed by atoms with Crippen molar-refractivity contribution in [1.29, 1.82) is 0 Å². The lowest BCUT2D eigenvalue weighted by atomic mass is 10.1. The third-order valence-electron chi connectivity index (χ3n) is 6.18. The normalized spacial score (nSPS) is 12.5. The van der Waals surface area contributed by atoms with Crippen molar-refractivity contribution in [3.05, 3.63) is 95.6 Å². The maximum Gasteiger partial charge on any atom is 0.416 e. The molecular formula is C28H30F3N3O4S. The van der Waals surface area contributed by atoms with Crippen molar-refractivity contribution in [2.45, 2.75) is 43.9 Å². The van der Waals surface area contributed by atoms with Crippen LogP contribution in [-0.4, -0.2) is 44.8 Å². The van der Waals surface area contributed by atoms with Gasteiger partial charge >= 0.3 is 6.18 Å². The maximum absolute atomic E-state index is 13.8. The van der Waals surface area contributed by atoms with Gasteiger partial charge in [-0.05, 0) is 49.2 Å². The maximum atomic E-state index is 13.8. The number of carbonyl (C=O) groups excluding carboxylic acids is 2. The van der Waals surface area contributed by atoms with Gasteiger partial charge in [-0.25, -0.2) is 8.42 Å². The van der Waals surface area contributed by atoms with Crippen molar-refractivity contribution < 1.29 is 31.2 Å². The summed E-state index contributed by atoms with van der Waals surface area (Å²) in [6.45, 7) is 2.78. The van der Waals surface area contributed by atoms with Gasteiger partial charge in [-0.3, -0.25) is 13.9 Å². The zero-order chi connectivity index (χ0) is 28.8. The largest absolute Gasteiger partial charge is 0.416 e. The summed E-state index contributed by atoms with van der Waals surface area (Å²) in [6, 6.07) is 17.2. The Hall–Kier alpha value is -3.86. The summed E-state index contributed by atoms with van der Waals surface area (Å²) in [5.74, 6) is -1.20. The van der Waals surface area contributed by atoms with E-state index in [0.29, 0.717) is 15.9 Å². The minimum absolute atomic E-state index is 0.00709. The van der Waals surface area contributed by atoms with Gasteiger partial charge in [0.05, 0.1) is 16.1 Å². The van der Waals surface area contributed by atoms with Crippen LogP contribution < -0.4 is 9.62 Å². The molecule has 0 radical (unpaired) electrons. The number of benzene rings is 3. The number of nitrogens with one attached hydrogen (secondary N) is 1. The van der Waals surface area contributed by atoms with E-state index in [2.05, 4.69) is 5.32 Å². The molecule has 0 aliphatic heterocycles. The van der Waals surface area contributed by atoms with Crippen molar-refractivity contribution in [3.63, 3.8) is 0 Å². The van der Waals surface area contributed by atoms with Crippen LogP contribution in [0.4, 0.5) is 18.9 Å². The van der Waals surface area contributed by atoms with Crippen molar-refractivity contribution >= 4 is 27.5 Å². The highest BCUT2D eigenvalue weighted by Gasteiger charge is 2.35. The van der Waals surface area contributed by atoms with Gasteiger partial charge in [0.2, 0.25) is 11.8 Å². The number of amides is 2. The standard InChI is InChI=1S/C28H30F3N3O4S/c1-4-25(27(36)32-3)33(18-21-15-13-20(2)14-16-21)26(35)19-34(39(37,38)24-11-6-5-7-12-24)23-10-8-9-22(17-23)28(29,30)31/h5-17,25H,4,18-19H2,1-3H3,(H,32,36)/t25-/m0/s1. The Morgan fingerprint density at radius 3 is 2.15 bits per heavy atom. The fourth-order valence-electron chi connectivity index (χ4n) is 4.06. The Morgan fingerprint density at radius 1 is 0.949 bits per heavy atom. The number of rotatable bonds is 10. The van der Waals surface area contributed by atoms with Gasteiger partial charge in [0, 0.05) is 13.6 Å². The molecule has 2 amide bonds. The van der Waals surface area contributed by atoms with Crippen LogP contribution in [0.25, 0.3) is 0 Å². The average molecular weight is 562 g/mol. The Balaban J connectivity index is 2.10. The van der Waals surface area contributed by atoms with Crippen LogP contribution in [0.1, 0.15) is 30.0 Å². The molecule has 0 saturated carbocycles. The molecule has 7 nitrogen and oxygen atoms in total. The number of hydrogen-bond donors (Lipinski definition) is 1. The second kappa shape index (κ2) is 12.3. The molecule has 0 saturated heterocycles. The highest BCUT2D eigenvalue weighted by Crippen LogP contribution is 2.33. The van der Waals surface area contributed by atoms with Crippen LogP contribution in [0.2, 0.25) is 0 Å². The van der Waals surface area contributed by atoms with E-state index in [1.54, 1.807) is 25.1 Å². The monoisotopic (exact) mass is 561 g/mol. The second-order valence-corrected chi connectivity index (χ2v) is 10.8. The predicted molar refractivity (Wildman–Crippen MR) is 142 cm³/mol. The van der Waals surface area contributed by atoms with E-state index in [0.717, 1.165) is 17.7 Å². The molecule has 3 rings (SSSR count). The summed E-state index contributed by atoms with van der Waals surface area (Å²) >= 11 is 0. The van der Waals surface area contributed by atoms with Crippen LogP contribution in [-0.2, 0) is 32.3 Å². The molecule has 3 aromatic carbocycles. The lowest BCUT2D eigenvalue weighted by Gasteiger charge is -2.33. The van der Waals surface area contributed by atoms with Crippen molar-refractivity contribution in [3.8, 4) is 0 Å². The van der Waals surface area contributed by atoms with Crippen LogP contribution in [0.3, 0.4) is 0 Å². The number of likely N-dealkylation sites (N-methyl/N-ethyl adjacent to an activating group) is 1. The summed E-state index contributed by atoms with van der Waals surface area (Å²) in [5.41, 5.74) is 0.298. The molecular weight excluding hydrogens is 531 g/mol. The van der Waals surface area contributed by atoms with Gasteiger partial charge in [-0.15, -0.1) is 0 Å². The Kier molecular flexibility index (Phi) is 9.39. The van der Waals surface area contributed by atoms with Crippen molar-refractivity contribution in [1.82, 2.24) is 10.2 Å². The van der Waals surface area contributed by atoms with Gasteiger partial charge in [-0.2, -0.15) is 13.2 Å². The van der Waals surface area contributed by atoms with Gasteiger partial charge in [0.25, 0.3) is 10.0 Å². The molecule has 1 N–H and O–H groups in total. The molecule has 208 valence electrons. The summed E-state index contributed by atoms with van der Waals surface area (Å²) < 4.78 is 68.5. The SMILES string of the molecule is CC[C@@H](C(=O)NC)N(Cc1ccc(C)cc1)C(=O)CN(c1cccc(C(F)(F)F)c1)S(=O)(=O)c1ccccc1. The molecule has 0 aliphatic carbocycles. The Bertz CT molecular complexity index is 1400. The first-order valence-electron chi connectivity index (χ1n) is 12.2. The van der Waals surface area contributed by atoms with E-state index in [4.69, 9.17) is 0 Å². The molecule has 11 heteroatoms. The number of sulfonamides is 1. The molecule has 39 heavy (non-hydrogen) atoms. The number of nitrogens with zero attached hydrogens (tertiary/aromatic N) is 2. The minimum atomic E-state index is -4.73. The average Bonchev–Trinajstić information content (AvgIpc) is 2.92. The molecule has 0 fully saturated rings. The van der Waals surface area contributed by atoms with Gasteiger partial charge in [-0.1, -0.05) is 61.0 Å². The van der Waals surface area contributed by atoms with E-state index in [1.165, 1.54) is 42.3 Å². The first-order valence-corrected chi connectivity index (χ1v) is 13.6. The Morgan fingerprint density at radius 2 is 1.59 bits per heavy atom. The first kappa shape index (κ1) is 29.7. The highest BCUT2D eigenvalue weighted by atomic mass is 32.2. The van der Waals surface area contributed by atoms with Crippen LogP contribution in [0.5, 0.6) is 0 Å². The highest BCUT2D eigenvalue weighted by molar-refractivity contribution is 7.92. The Labute approximate surface area is 226 Å². The molecule has 0 unspecified atom stereocenters. The number of hydrogen-bond acceptors (Lipinski definition) is 4. The lowest BCUT2D eigenvalue weighted by Crippen LogP contribution is -2.51. The summed E-state index contributed by atoms with van der Waals surface area (Å²) in [4.78, 5) is 27.6. The molecule has 3 aromatic rings. The third-order valence-corrected chi connectivity index (χ3v) is 7.97. The number of carbonyl (C=O) groups is 2. The molecule has 0 bridgehead atoms. The van der Waals surface area contributed by atoms with Crippen LogP contribution in [0, 0.1) is 6.92 Å². The summed E-state index contributed by atoms with van der Waals surface area (Å²) in [7, 11) is -3.04. The molecule has 0 spiro atoms. The third kappa shape index (κ3) is 7.17. The lowest BCUT2D eigenvalue weighted by molar-refractivity contribution is -0.140. The zero-order valence-corrected chi connectivity index (χ0v) is 22.6. The fraction of sp³-hybridized carbons (Fsp3) is 0.286. The van der Waals surface area contributed by atoms with E-state index in [9.17, 15) is 31.2 Å². The van der Waals surface area contributed by atoms with Crippen molar-refractivity contribution in [2.75, 3.05) is 17.9 Å². The summed E-state index contributed by atoms with van der Waals surface area (Å²) in [6.07, 6.45) is -4.50. The second-order valence-electron chi connectivity index (χ2n) is 8.92. The molecule has 0 heterocycles. The topological polar surface area (TPSA) is 86.8 Å².